The van der Waals surface area contributed by atoms with Gasteiger partial charge in [-0.05, 0) is 59.7 Å². The number of alkyl halides is 3. The van der Waals surface area contributed by atoms with Crippen LogP contribution in [0.3, 0.4) is 0 Å². The summed E-state index contributed by atoms with van der Waals surface area (Å²) in [5.41, 5.74) is 3.56. The summed E-state index contributed by atoms with van der Waals surface area (Å²) < 4.78 is 37.6. The fourth-order valence-electron chi connectivity index (χ4n) is 2.44. The Morgan fingerprint density at radius 3 is 2.20 bits per heavy atom. The number of thioether (sulfide) groups is 1. The molecule has 0 heterocycles. The molecule has 0 fully saturated rings. The van der Waals surface area contributed by atoms with Gasteiger partial charge in [-0.25, -0.2) is 5.43 Å². The molecular weight excluding hydrogens is 433 g/mol. The largest absolute Gasteiger partial charge is 0.416 e. The van der Waals surface area contributed by atoms with Crippen molar-refractivity contribution in [3.05, 3.63) is 100 Å². The first-order chi connectivity index (χ1) is 14.3. The molecule has 3 rings (SSSR count). The van der Waals surface area contributed by atoms with E-state index < -0.39 is 17.6 Å². The van der Waals surface area contributed by atoms with Crippen molar-refractivity contribution >= 4 is 35.5 Å². The van der Waals surface area contributed by atoms with Crippen molar-refractivity contribution in [3.8, 4) is 0 Å². The highest BCUT2D eigenvalue weighted by Gasteiger charge is 2.29. The Morgan fingerprint density at radius 2 is 1.60 bits per heavy atom. The van der Waals surface area contributed by atoms with Gasteiger partial charge in [-0.1, -0.05) is 35.9 Å². The summed E-state index contributed by atoms with van der Waals surface area (Å²) in [6.07, 6.45) is -3.10. The third-order valence-electron chi connectivity index (χ3n) is 4.05. The van der Waals surface area contributed by atoms with Crippen molar-refractivity contribution < 1.29 is 18.0 Å². The Hall–Kier alpha value is -2.77. The van der Waals surface area contributed by atoms with Crippen molar-refractivity contribution in [1.82, 2.24) is 5.43 Å². The molecule has 0 unspecified atom stereocenters. The van der Waals surface area contributed by atoms with Crippen molar-refractivity contribution in [3.63, 3.8) is 0 Å². The lowest BCUT2D eigenvalue weighted by Crippen LogP contribution is -2.17. The highest BCUT2D eigenvalue weighted by molar-refractivity contribution is 7.98. The van der Waals surface area contributed by atoms with Gasteiger partial charge in [0.1, 0.15) is 0 Å². The van der Waals surface area contributed by atoms with Crippen LogP contribution in [0.1, 0.15) is 27.0 Å². The molecule has 0 bridgehead atoms. The average molecular weight is 449 g/mol. The lowest BCUT2D eigenvalue weighted by atomic mass is 10.1. The molecule has 3 nitrogen and oxygen atoms in total. The maximum absolute atomic E-state index is 12.5. The number of benzene rings is 3. The molecule has 0 aromatic heterocycles. The quantitative estimate of drug-likeness (QED) is 0.269. The molecule has 154 valence electrons. The molecule has 30 heavy (non-hydrogen) atoms. The Bertz CT molecular complexity index is 1020. The van der Waals surface area contributed by atoms with E-state index in [-0.39, 0.29) is 0 Å². The number of nitrogens with one attached hydrogen (secondary N) is 1. The summed E-state index contributed by atoms with van der Waals surface area (Å²) in [5, 5.41) is 4.49. The molecule has 3 aromatic rings. The molecule has 0 aliphatic heterocycles. The van der Waals surface area contributed by atoms with E-state index in [0.29, 0.717) is 16.1 Å². The average Bonchev–Trinajstić information content (AvgIpc) is 2.73. The van der Waals surface area contributed by atoms with Crippen LogP contribution in [-0.2, 0) is 11.9 Å². The first kappa shape index (κ1) is 21.9. The van der Waals surface area contributed by atoms with Gasteiger partial charge in [0, 0.05) is 21.2 Å². The number of carbonyl (C=O) groups is 1. The predicted octanol–water partition coefficient (Wildman–Crippen LogP) is 6.42. The minimum atomic E-state index is -4.39. The zero-order valence-electron chi connectivity index (χ0n) is 15.5. The van der Waals surface area contributed by atoms with Crippen molar-refractivity contribution in [2.45, 2.75) is 16.8 Å². The van der Waals surface area contributed by atoms with E-state index in [1.807, 2.05) is 36.4 Å². The van der Waals surface area contributed by atoms with Crippen LogP contribution in [0.5, 0.6) is 0 Å². The highest BCUT2D eigenvalue weighted by atomic mass is 35.5. The van der Waals surface area contributed by atoms with E-state index in [2.05, 4.69) is 10.5 Å². The number of hydrogen-bond acceptors (Lipinski definition) is 3. The summed E-state index contributed by atoms with van der Waals surface area (Å²) in [7, 11) is 0. The van der Waals surface area contributed by atoms with Crippen LogP contribution in [0.15, 0.2) is 82.8 Å². The molecular formula is C22H16ClF3N2OS. The summed E-state index contributed by atoms with van der Waals surface area (Å²) in [6.45, 7) is 0. The van der Waals surface area contributed by atoms with Crippen molar-refractivity contribution in [1.29, 1.82) is 0 Å². The molecule has 0 aliphatic rings. The van der Waals surface area contributed by atoms with Gasteiger partial charge in [0.2, 0.25) is 0 Å². The number of amides is 1. The van der Waals surface area contributed by atoms with E-state index >= 15 is 0 Å². The minimum Gasteiger partial charge on any atom is -0.267 e. The van der Waals surface area contributed by atoms with Crippen LogP contribution in [0, 0.1) is 0 Å². The molecule has 0 atom stereocenters. The van der Waals surface area contributed by atoms with Gasteiger partial charge in [-0.15, -0.1) is 11.8 Å². The molecule has 0 spiro atoms. The second-order valence-corrected chi connectivity index (χ2v) is 7.74. The number of carbonyl (C=O) groups excluding carboxylic acids is 1. The van der Waals surface area contributed by atoms with Crippen LogP contribution >= 0.6 is 23.4 Å². The first-order valence-electron chi connectivity index (χ1n) is 8.79. The summed E-state index contributed by atoms with van der Waals surface area (Å²) in [4.78, 5) is 13.2. The Morgan fingerprint density at radius 1 is 0.967 bits per heavy atom. The van der Waals surface area contributed by atoms with E-state index in [9.17, 15) is 18.0 Å². The molecule has 3 aromatic carbocycles. The van der Waals surface area contributed by atoms with E-state index in [1.165, 1.54) is 18.3 Å². The lowest BCUT2D eigenvalue weighted by molar-refractivity contribution is -0.137. The van der Waals surface area contributed by atoms with E-state index in [4.69, 9.17) is 11.6 Å². The Labute approximate surface area is 181 Å². The summed E-state index contributed by atoms with van der Waals surface area (Å²) >= 11 is 7.53. The molecule has 0 saturated heterocycles. The van der Waals surface area contributed by atoms with Gasteiger partial charge in [-0.3, -0.25) is 4.79 Å². The highest BCUT2D eigenvalue weighted by Crippen LogP contribution is 2.29. The molecule has 0 radical (unpaired) electrons. The van der Waals surface area contributed by atoms with Gasteiger partial charge in [0.25, 0.3) is 5.91 Å². The van der Waals surface area contributed by atoms with Gasteiger partial charge >= 0.3 is 6.18 Å². The second-order valence-electron chi connectivity index (χ2n) is 6.26. The smallest absolute Gasteiger partial charge is 0.267 e. The van der Waals surface area contributed by atoms with Crippen LogP contribution in [0.25, 0.3) is 0 Å². The lowest BCUT2D eigenvalue weighted by Gasteiger charge is -2.06. The first-order valence-corrected chi connectivity index (χ1v) is 10.2. The van der Waals surface area contributed by atoms with Gasteiger partial charge in [-0.2, -0.15) is 18.3 Å². The van der Waals surface area contributed by atoms with Gasteiger partial charge in [0.15, 0.2) is 0 Å². The monoisotopic (exact) mass is 448 g/mol. The maximum Gasteiger partial charge on any atom is 0.416 e. The zero-order chi connectivity index (χ0) is 21.6. The Balaban J connectivity index is 1.51. The minimum absolute atomic E-state index is 0.407. The predicted molar refractivity (Wildman–Crippen MR) is 114 cm³/mol. The third kappa shape index (κ3) is 6.37. The SMILES string of the molecule is O=C(N/N=C/c1ccc(C(F)(F)F)cc1)c1ccc(CSc2ccc(Cl)cc2)cc1. The Kier molecular flexibility index (Phi) is 7.18. The molecule has 0 aliphatic carbocycles. The van der Waals surface area contributed by atoms with Gasteiger partial charge in [0.05, 0.1) is 11.8 Å². The number of nitrogens with zero attached hydrogens (tertiary/aromatic N) is 1. The second kappa shape index (κ2) is 9.82. The third-order valence-corrected chi connectivity index (χ3v) is 5.39. The van der Waals surface area contributed by atoms with Crippen LogP contribution < -0.4 is 5.43 Å². The normalized spacial score (nSPS) is 11.6. The number of hydrazone groups is 1. The summed E-state index contributed by atoms with van der Waals surface area (Å²) in [5.74, 6) is 0.338. The topological polar surface area (TPSA) is 41.5 Å². The van der Waals surface area contributed by atoms with Crippen LogP contribution in [-0.4, -0.2) is 12.1 Å². The fraction of sp³-hybridized carbons (Fsp3) is 0.0909. The maximum atomic E-state index is 12.5. The number of hydrogen-bond donors (Lipinski definition) is 1. The number of halogens is 4. The van der Waals surface area contributed by atoms with E-state index in [0.717, 1.165) is 28.3 Å². The standard InChI is InChI=1S/C22H16ClF3N2OS/c23-19-9-11-20(12-10-19)30-14-16-1-5-17(6-2-16)21(29)28-27-13-15-3-7-18(8-4-15)22(24,25)26/h1-13H,14H2,(H,28,29)/b27-13+. The van der Waals surface area contributed by atoms with Crippen LogP contribution in [0.2, 0.25) is 5.02 Å². The fourth-order valence-corrected chi connectivity index (χ4v) is 3.42. The van der Waals surface area contributed by atoms with Gasteiger partial charge < -0.3 is 0 Å². The number of rotatable bonds is 6. The molecule has 1 amide bonds. The summed E-state index contributed by atoms with van der Waals surface area (Å²) in [6, 6.07) is 19.2. The van der Waals surface area contributed by atoms with Crippen LogP contribution in [0.4, 0.5) is 13.2 Å². The molecule has 1 N–H and O–H groups in total. The van der Waals surface area contributed by atoms with Crippen molar-refractivity contribution in [2.24, 2.45) is 5.10 Å². The van der Waals surface area contributed by atoms with E-state index in [1.54, 1.807) is 23.9 Å². The molecule has 8 heteroatoms. The molecule has 0 saturated carbocycles. The zero-order valence-corrected chi connectivity index (χ0v) is 17.1. The van der Waals surface area contributed by atoms with Crippen molar-refractivity contribution in [2.75, 3.05) is 0 Å².